The van der Waals surface area contributed by atoms with Gasteiger partial charge in [0.05, 0.1) is 13.1 Å². The van der Waals surface area contributed by atoms with Crippen molar-refractivity contribution in [2.45, 2.75) is 26.9 Å². The Morgan fingerprint density at radius 2 is 2.04 bits per heavy atom. The van der Waals surface area contributed by atoms with E-state index in [1.54, 1.807) is 0 Å². The van der Waals surface area contributed by atoms with Crippen molar-refractivity contribution in [2.75, 3.05) is 11.9 Å². The third kappa shape index (κ3) is 5.04. The third-order valence-corrected chi connectivity index (χ3v) is 3.81. The van der Waals surface area contributed by atoms with Crippen molar-refractivity contribution in [3.63, 3.8) is 0 Å². The number of hydrogen-bond acceptors (Lipinski definition) is 4. The summed E-state index contributed by atoms with van der Waals surface area (Å²) in [6.45, 7) is 5.25. The summed E-state index contributed by atoms with van der Waals surface area (Å²) >= 11 is 0. The molecule has 3 aromatic rings. The lowest BCUT2D eigenvalue weighted by molar-refractivity contribution is -0.114. The molecule has 2 heterocycles. The van der Waals surface area contributed by atoms with Gasteiger partial charge >= 0.3 is 0 Å². The Kier molecular flexibility index (Phi) is 5.98. The number of nitrogens with zero attached hydrogens (tertiary/aromatic N) is 4. The number of amides is 1. The van der Waals surface area contributed by atoms with Gasteiger partial charge in [0.25, 0.3) is 0 Å². The summed E-state index contributed by atoms with van der Waals surface area (Å²) in [6, 6.07) is 13.4. The molecule has 27 heavy (non-hydrogen) atoms. The van der Waals surface area contributed by atoms with E-state index in [4.69, 9.17) is 0 Å². The zero-order valence-corrected chi connectivity index (χ0v) is 15.4. The van der Waals surface area contributed by atoms with Gasteiger partial charge in [0.1, 0.15) is 0 Å². The van der Waals surface area contributed by atoms with E-state index >= 15 is 0 Å². The molecule has 0 aliphatic heterocycles. The highest BCUT2D eigenvalue weighted by molar-refractivity contribution is 5.88. The summed E-state index contributed by atoms with van der Waals surface area (Å²) in [7, 11) is 0. The minimum Gasteiger partial charge on any atom is -0.357 e. The fourth-order valence-corrected chi connectivity index (χ4v) is 2.64. The van der Waals surface area contributed by atoms with Gasteiger partial charge in [-0.2, -0.15) is 0 Å². The van der Waals surface area contributed by atoms with E-state index in [-0.39, 0.29) is 5.91 Å². The maximum absolute atomic E-state index is 11.2. The molecule has 0 saturated carbocycles. The number of rotatable bonds is 6. The number of nitrogens with one attached hydrogen (secondary N) is 3. The summed E-state index contributed by atoms with van der Waals surface area (Å²) in [4.78, 5) is 15.8. The number of guanidine groups is 1. The first kappa shape index (κ1) is 18.4. The maximum Gasteiger partial charge on any atom is 0.221 e. The van der Waals surface area contributed by atoms with Crippen LogP contribution < -0.4 is 16.0 Å². The Bertz CT molecular complexity index is 948. The number of carbonyl (C=O) groups is 1. The van der Waals surface area contributed by atoms with Crippen molar-refractivity contribution in [1.29, 1.82) is 0 Å². The third-order valence-electron chi connectivity index (χ3n) is 3.81. The largest absolute Gasteiger partial charge is 0.357 e. The van der Waals surface area contributed by atoms with Crippen LogP contribution in [0.2, 0.25) is 0 Å². The summed E-state index contributed by atoms with van der Waals surface area (Å²) in [6.07, 6.45) is 1.93. The summed E-state index contributed by atoms with van der Waals surface area (Å²) in [5.74, 6) is 1.41. The van der Waals surface area contributed by atoms with Crippen LogP contribution in [0.1, 0.15) is 25.2 Å². The van der Waals surface area contributed by atoms with Crippen LogP contribution in [-0.2, 0) is 17.9 Å². The molecule has 0 saturated heterocycles. The molecule has 8 nitrogen and oxygen atoms in total. The highest BCUT2D eigenvalue weighted by Gasteiger charge is 2.06. The monoisotopic (exact) mass is 365 g/mol. The first-order valence-electron chi connectivity index (χ1n) is 8.83. The van der Waals surface area contributed by atoms with Gasteiger partial charge in [-0.15, -0.1) is 10.2 Å². The van der Waals surface area contributed by atoms with Crippen LogP contribution in [0.25, 0.3) is 5.65 Å². The molecule has 0 aliphatic carbocycles. The van der Waals surface area contributed by atoms with Gasteiger partial charge in [-0.25, -0.2) is 4.99 Å². The molecule has 1 amide bonds. The molecular weight excluding hydrogens is 342 g/mol. The molecule has 8 heteroatoms. The summed E-state index contributed by atoms with van der Waals surface area (Å²) < 4.78 is 1.94. The van der Waals surface area contributed by atoms with E-state index < -0.39 is 0 Å². The maximum atomic E-state index is 11.2. The number of benzene rings is 1. The Morgan fingerprint density at radius 1 is 1.15 bits per heavy atom. The molecule has 2 aromatic heterocycles. The van der Waals surface area contributed by atoms with Gasteiger partial charge in [0.15, 0.2) is 17.4 Å². The highest BCUT2D eigenvalue weighted by atomic mass is 16.1. The number of aliphatic imine (C=N–C) groups is 1. The van der Waals surface area contributed by atoms with Gasteiger partial charge in [-0.1, -0.05) is 18.2 Å². The van der Waals surface area contributed by atoms with Gasteiger partial charge in [0, 0.05) is 25.4 Å². The lowest BCUT2D eigenvalue weighted by atomic mass is 10.2. The molecule has 1 aromatic carbocycles. The highest BCUT2D eigenvalue weighted by Crippen LogP contribution is 2.11. The van der Waals surface area contributed by atoms with Crippen LogP contribution in [-0.4, -0.2) is 33.0 Å². The van der Waals surface area contributed by atoms with Crippen molar-refractivity contribution in [3.8, 4) is 0 Å². The average molecular weight is 365 g/mol. The topological polar surface area (TPSA) is 95.7 Å². The second-order valence-electron chi connectivity index (χ2n) is 5.98. The van der Waals surface area contributed by atoms with Gasteiger partial charge in [-0.3, -0.25) is 9.20 Å². The fraction of sp³-hybridized carbons (Fsp3) is 0.263. The lowest BCUT2D eigenvalue weighted by Gasteiger charge is -2.11. The van der Waals surface area contributed by atoms with E-state index in [1.807, 2.05) is 60.0 Å². The number of carbonyl (C=O) groups excluding carboxylic acids is 1. The number of fused-ring (bicyclic) bond motifs is 1. The van der Waals surface area contributed by atoms with E-state index in [0.29, 0.717) is 19.0 Å². The molecule has 0 bridgehead atoms. The Balaban J connectivity index is 1.67. The van der Waals surface area contributed by atoms with Crippen molar-refractivity contribution >= 4 is 23.2 Å². The SMILES string of the molecule is CCNC(=NCc1cccc(NC(C)=O)c1)NCc1nnc2ccccn12. The van der Waals surface area contributed by atoms with Crippen LogP contribution in [0, 0.1) is 0 Å². The van der Waals surface area contributed by atoms with E-state index in [1.165, 1.54) is 6.92 Å². The second kappa shape index (κ2) is 8.79. The van der Waals surface area contributed by atoms with Crippen molar-refractivity contribution in [3.05, 3.63) is 60.0 Å². The van der Waals surface area contributed by atoms with Crippen LogP contribution in [0.4, 0.5) is 5.69 Å². The molecule has 140 valence electrons. The molecule has 3 rings (SSSR count). The molecule has 0 aliphatic rings. The van der Waals surface area contributed by atoms with E-state index in [2.05, 4.69) is 31.1 Å². The normalized spacial score (nSPS) is 11.4. The molecule has 0 spiro atoms. The quantitative estimate of drug-likeness (QED) is 0.458. The van der Waals surface area contributed by atoms with Gasteiger partial charge < -0.3 is 16.0 Å². The first-order valence-corrected chi connectivity index (χ1v) is 8.83. The predicted octanol–water partition coefficient (Wildman–Crippen LogP) is 1.94. The van der Waals surface area contributed by atoms with Crippen molar-refractivity contribution in [1.82, 2.24) is 25.2 Å². The Hall–Kier alpha value is -3.42. The Morgan fingerprint density at radius 3 is 2.85 bits per heavy atom. The molecule has 0 radical (unpaired) electrons. The first-order chi connectivity index (χ1) is 13.2. The number of hydrogen-bond donors (Lipinski definition) is 3. The van der Waals surface area contributed by atoms with E-state index in [9.17, 15) is 4.79 Å². The number of aromatic nitrogens is 3. The Labute approximate surface area is 157 Å². The summed E-state index contributed by atoms with van der Waals surface area (Å²) in [5.41, 5.74) is 2.58. The van der Waals surface area contributed by atoms with Crippen LogP contribution in [0.5, 0.6) is 0 Å². The second-order valence-corrected chi connectivity index (χ2v) is 5.98. The number of pyridine rings is 1. The van der Waals surface area contributed by atoms with Gasteiger partial charge in [0.2, 0.25) is 5.91 Å². The predicted molar refractivity (Wildman–Crippen MR) is 105 cm³/mol. The fourth-order valence-electron chi connectivity index (χ4n) is 2.64. The van der Waals surface area contributed by atoms with Gasteiger partial charge in [-0.05, 0) is 36.8 Å². The van der Waals surface area contributed by atoms with E-state index in [0.717, 1.165) is 29.3 Å². The van der Waals surface area contributed by atoms with Crippen molar-refractivity contribution < 1.29 is 4.79 Å². The minimum absolute atomic E-state index is 0.0915. The zero-order valence-electron chi connectivity index (χ0n) is 15.4. The van der Waals surface area contributed by atoms with Crippen LogP contribution >= 0.6 is 0 Å². The zero-order chi connectivity index (χ0) is 19.1. The van der Waals surface area contributed by atoms with Crippen LogP contribution in [0.15, 0.2) is 53.7 Å². The minimum atomic E-state index is -0.0915. The average Bonchev–Trinajstić information content (AvgIpc) is 3.07. The van der Waals surface area contributed by atoms with Crippen molar-refractivity contribution in [2.24, 2.45) is 4.99 Å². The molecule has 0 unspecified atom stereocenters. The molecular formula is C19H23N7O. The molecule has 3 N–H and O–H groups in total. The molecule has 0 atom stereocenters. The number of anilines is 1. The summed E-state index contributed by atoms with van der Waals surface area (Å²) in [5, 5.41) is 17.6. The standard InChI is InChI=1S/C19H23N7O/c1-3-20-19(21-12-15-7-6-8-16(11-15)23-14(2)27)22-13-18-25-24-17-9-4-5-10-26(17)18/h4-11H,3,12-13H2,1-2H3,(H,23,27)(H2,20,21,22). The smallest absolute Gasteiger partial charge is 0.221 e. The van der Waals surface area contributed by atoms with Crippen LogP contribution in [0.3, 0.4) is 0 Å². The molecule has 0 fully saturated rings. The lowest BCUT2D eigenvalue weighted by Crippen LogP contribution is -2.37.